The number of urea groups is 1. The maximum absolute atomic E-state index is 14.5. The van der Waals surface area contributed by atoms with Crippen LogP contribution in [0.1, 0.15) is 41.6 Å². The molecule has 7 N–H and O–H groups in total. The predicted molar refractivity (Wildman–Crippen MR) is 218 cm³/mol. The number of hydrogen-bond acceptors (Lipinski definition) is 17. The van der Waals surface area contributed by atoms with Crippen LogP contribution < -0.4 is 34.9 Å². The Hall–Kier alpha value is -5.84. The summed E-state index contributed by atoms with van der Waals surface area (Å²) < 4.78 is 67.7. The van der Waals surface area contributed by atoms with Crippen molar-refractivity contribution in [2.75, 3.05) is 43.3 Å². The predicted octanol–water partition coefficient (Wildman–Crippen LogP) is 2.40. The van der Waals surface area contributed by atoms with Crippen LogP contribution in [0.25, 0.3) is 0 Å². The van der Waals surface area contributed by atoms with Crippen LogP contribution in [0.5, 0.6) is 11.8 Å². The van der Waals surface area contributed by atoms with E-state index in [1.807, 2.05) is 4.57 Å². The third-order valence-corrected chi connectivity index (χ3v) is 12.4. The molecule has 22 nitrogen and oxygen atoms in total. The van der Waals surface area contributed by atoms with Crippen LogP contribution in [0.3, 0.4) is 0 Å². The standard InChI is InChI=1S/C18H17FN4O2S.C11H11N5O6S2.C5H12NO4P/c1-4-5-22-13-7-12(11(19)6-14(13)25-9-16(22)24)20-17-23-10-18(2,3)8-15(23)21-26-17;1-5-12-9(15-11(13-5)22-2)14-10(19)16-24(20,21)6-3-4-23-7(6)8(17)18;1-11(9,10)3-2-4(6)5(7)8/h1,6-7H,5,8-10H2,2-3H3;3-4H,1-2H3,(H,17,18)(H2,12,13,14,15,16,19);4H,2-3,6H2,1H3,(H,7,8)(H,9,10)/b20-17-;;. The lowest BCUT2D eigenvalue weighted by Crippen LogP contribution is -2.39. The number of hydrogen-bond donors (Lipinski definition) is 6. The molecule has 2 unspecified atom stereocenters. The van der Waals surface area contributed by atoms with Crippen LogP contribution in [0.15, 0.2) is 33.5 Å². The highest BCUT2D eigenvalue weighted by Gasteiger charge is 2.32. The monoisotopic (exact) mass is 926 g/mol. The van der Waals surface area contributed by atoms with Crippen LogP contribution >= 0.6 is 30.2 Å². The number of carbonyl (C=O) groups is 4. The Bertz CT molecular complexity index is 2600. The first kappa shape index (κ1) is 47.8. The van der Waals surface area contributed by atoms with Gasteiger partial charge in [0, 0.05) is 43.4 Å². The second-order valence-corrected chi connectivity index (χ2v) is 19.7. The van der Waals surface area contributed by atoms with Crippen molar-refractivity contribution in [2.24, 2.45) is 16.1 Å². The number of aryl methyl sites for hydroxylation is 1. The van der Waals surface area contributed by atoms with Gasteiger partial charge in [-0.3, -0.25) is 24.4 Å². The molecular weight excluding hydrogens is 887 g/mol. The number of carbonyl (C=O) groups excluding carboxylic acids is 2. The summed E-state index contributed by atoms with van der Waals surface area (Å²) in [5.41, 5.74) is 5.77. The van der Waals surface area contributed by atoms with Crippen molar-refractivity contribution in [1.29, 1.82) is 0 Å². The largest absolute Gasteiger partial charge is 0.481 e. The van der Waals surface area contributed by atoms with Crippen LogP contribution in [-0.4, -0.2) is 110 Å². The molecule has 4 aromatic rings. The number of terminal acetylenes is 1. The zero-order valence-electron chi connectivity index (χ0n) is 33.0. The van der Waals surface area contributed by atoms with Crippen molar-refractivity contribution in [1.82, 2.24) is 28.6 Å². The number of sulfonamides is 1. The minimum absolute atomic E-state index is 0.0412. The van der Waals surface area contributed by atoms with E-state index in [1.54, 1.807) is 4.72 Å². The molecule has 0 radical (unpaired) electrons. The maximum Gasteiger partial charge on any atom is 0.347 e. The van der Waals surface area contributed by atoms with Gasteiger partial charge in [-0.25, -0.2) is 32.1 Å². The van der Waals surface area contributed by atoms with Gasteiger partial charge in [0.15, 0.2) is 19.8 Å². The zero-order chi connectivity index (χ0) is 45.4. The zero-order valence-corrected chi connectivity index (χ0v) is 36.3. The number of anilines is 2. The highest BCUT2D eigenvalue weighted by molar-refractivity contribution is 7.90. The average molecular weight is 927 g/mol. The van der Waals surface area contributed by atoms with Crippen LogP contribution in [0.4, 0.5) is 26.5 Å². The number of fused-ring (bicyclic) bond motifs is 2. The Morgan fingerprint density at radius 3 is 2.57 bits per heavy atom. The second kappa shape index (κ2) is 19.7. The Morgan fingerprint density at radius 1 is 1.25 bits per heavy atom. The minimum atomic E-state index is -4.37. The molecule has 0 saturated heterocycles. The average Bonchev–Trinajstić information content (AvgIpc) is 3.88. The highest BCUT2D eigenvalue weighted by Crippen LogP contribution is 2.38. The number of amides is 3. The summed E-state index contributed by atoms with van der Waals surface area (Å²) in [6.45, 7) is 7.76. The summed E-state index contributed by atoms with van der Waals surface area (Å²) >= 11 is 1.96. The van der Waals surface area contributed by atoms with E-state index in [2.05, 4.69) is 49.4 Å². The van der Waals surface area contributed by atoms with E-state index >= 15 is 0 Å². The minimum Gasteiger partial charge on any atom is -0.481 e. The van der Waals surface area contributed by atoms with Gasteiger partial charge in [0.05, 0.1) is 19.3 Å². The first-order chi connectivity index (χ1) is 28.4. The van der Waals surface area contributed by atoms with Crippen molar-refractivity contribution >= 4 is 81.5 Å². The molecule has 2 atom stereocenters. The third-order valence-electron chi connectivity index (χ3n) is 8.08. The summed E-state index contributed by atoms with van der Waals surface area (Å²) in [5.74, 6) is 0.384. The summed E-state index contributed by atoms with van der Waals surface area (Å²) in [5, 5.41) is 20.6. The Balaban J connectivity index is 0.000000218. The van der Waals surface area contributed by atoms with Gasteiger partial charge >= 0.3 is 24.0 Å². The number of aromatic carboxylic acids is 1. The molecule has 1 aromatic carbocycles. The van der Waals surface area contributed by atoms with Gasteiger partial charge in [-0.2, -0.15) is 19.3 Å². The smallest absolute Gasteiger partial charge is 0.347 e. The van der Waals surface area contributed by atoms with E-state index < -0.39 is 57.0 Å². The number of thiophene rings is 1. The number of rotatable bonds is 11. The number of halogens is 1. The molecule has 328 valence electrons. The lowest BCUT2D eigenvalue weighted by molar-refractivity contribution is -0.138. The number of ether oxygens (including phenoxy) is 2. The molecule has 3 aromatic heterocycles. The van der Waals surface area contributed by atoms with E-state index in [1.165, 1.54) is 54.6 Å². The molecule has 0 spiro atoms. The molecule has 61 heavy (non-hydrogen) atoms. The number of carboxylic acids is 2. The molecule has 27 heteroatoms. The number of nitrogens with zero attached hydrogens (tertiary/aromatic N) is 7. The normalized spacial score (nSPS) is 15.5. The van der Waals surface area contributed by atoms with E-state index in [9.17, 15) is 36.6 Å². The van der Waals surface area contributed by atoms with Crippen molar-refractivity contribution in [3.05, 3.63) is 50.7 Å². The Labute approximate surface area is 355 Å². The van der Waals surface area contributed by atoms with Gasteiger partial charge in [-0.1, -0.05) is 19.8 Å². The Kier molecular flexibility index (Phi) is 15.4. The van der Waals surface area contributed by atoms with Crippen LogP contribution in [-0.2, 0) is 37.1 Å². The quantitative estimate of drug-likeness (QED) is 0.0929. The fraction of sp³-hybridized carbons (Fsp3) is 0.382. The second-order valence-electron chi connectivity index (χ2n) is 13.8. The van der Waals surface area contributed by atoms with Crippen molar-refractivity contribution in [3.8, 4) is 24.1 Å². The van der Waals surface area contributed by atoms with Gasteiger partial charge in [0.25, 0.3) is 15.9 Å². The van der Waals surface area contributed by atoms with E-state index in [0.717, 1.165) is 36.2 Å². The molecule has 0 bridgehead atoms. The van der Waals surface area contributed by atoms with E-state index in [4.69, 9.17) is 36.7 Å². The number of nitrogens with one attached hydrogen (secondary N) is 2. The maximum atomic E-state index is 14.5. The molecule has 2 aliphatic rings. The van der Waals surface area contributed by atoms with Gasteiger partial charge in [0.2, 0.25) is 10.7 Å². The number of aromatic nitrogens is 5. The first-order valence-corrected chi connectivity index (χ1v) is 22.9. The molecule has 6 rings (SSSR count). The fourth-order valence-corrected chi connectivity index (χ4v) is 9.01. The topological polar surface area (TPSA) is 321 Å². The summed E-state index contributed by atoms with van der Waals surface area (Å²) in [4.78, 5) is 70.7. The molecule has 0 aliphatic carbocycles. The lowest BCUT2D eigenvalue weighted by atomic mass is 9.92. The number of carboxylic acid groups (broad SMARTS) is 2. The number of aliphatic carboxylic acids is 1. The van der Waals surface area contributed by atoms with Gasteiger partial charge in [-0.15, -0.1) is 17.8 Å². The van der Waals surface area contributed by atoms with Crippen molar-refractivity contribution < 1.29 is 61.1 Å². The molecule has 0 fully saturated rings. The van der Waals surface area contributed by atoms with Crippen LogP contribution in [0, 0.1) is 30.5 Å². The Morgan fingerprint density at radius 2 is 1.95 bits per heavy atom. The molecule has 0 saturated carbocycles. The highest BCUT2D eigenvalue weighted by atomic mass is 32.2. The SMILES string of the molecule is C#CCN1C(=O)COc2cc(F)c(/N=c3\snc4n3CC(C)(C)C4)cc21.COc1nc(C)nc(NC(=O)NS(=O)(=O)c2ccsc2C(=O)O)n1.CP(=O)(O)CCC(N)C(=O)O. The number of methoxy groups -OCH3 is 1. The molecule has 2 aliphatic heterocycles. The third kappa shape index (κ3) is 13.1. The first-order valence-electron chi connectivity index (χ1n) is 17.4. The van der Waals surface area contributed by atoms with Crippen LogP contribution in [0.2, 0.25) is 0 Å². The number of nitrogens with two attached hydrogens (primary N) is 1. The van der Waals surface area contributed by atoms with E-state index in [-0.39, 0.29) is 60.5 Å². The van der Waals surface area contributed by atoms with Crippen molar-refractivity contribution in [2.45, 2.75) is 51.1 Å². The summed E-state index contributed by atoms with van der Waals surface area (Å²) in [6, 6.07) is 1.58. The molecule has 5 heterocycles. The van der Waals surface area contributed by atoms with E-state index in [0.29, 0.717) is 16.2 Å². The van der Waals surface area contributed by atoms with Gasteiger partial charge < -0.3 is 34.9 Å². The van der Waals surface area contributed by atoms with Gasteiger partial charge in [-0.05, 0) is 36.3 Å². The van der Waals surface area contributed by atoms with Crippen molar-refractivity contribution in [3.63, 3.8) is 0 Å². The molecular formula is C34H40FN10O12PS3. The van der Waals surface area contributed by atoms with Gasteiger partial charge in [0.1, 0.15) is 38.9 Å². The lowest BCUT2D eigenvalue weighted by Gasteiger charge is -2.28. The summed E-state index contributed by atoms with van der Waals surface area (Å²) in [7, 11) is -6.16. The summed E-state index contributed by atoms with van der Waals surface area (Å²) in [6.07, 6.45) is 6.22. The molecule has 3 amide bonds. The fourth-order valence-electron chi connectivity index (χ4n) is 5.32. The number of benzene rings is 1.